The Hall–Kier alpha value is -2.07. The molecule has 110 valence electrons. The zero-order valence-electron chi connectivity index (χ0n) is 12.6. The molecule has 1 N–H and O–H groups in total. The monoisotopic (exact) mass is 283 g/mol. The standard InChI is InChI=1S/C17H21N3O/c1-3-9-18-11-15-14-6-4-5-7-16(14)21-17(15)12-20-13(2)8-10-19-20/h4-8,10,18H,3,9,11-12H2,1-2H3. The maximum atomic E-state index is 6.06. The van der Waals surface area contributed by atoms with Crippen LogP contribution in [0, 0.1) is 6.92 Å². The molecule has 0 fully saturated rings. The molecule has 0 saturated heterocycles. The van der Waals surface area contributed by atoms with Gasteiger partial charge in [-0.15, -0.1) is 0 Å². The van der Waals surface area contributed by atoms with Gasteiger partial charge in [0.1, 0.15) is 11.3 Å². The van der Waals surface area contributed by atoms with Crippen molar-refractivity contribution >= 4 is 11.0 Å². The third-order valence-corrected chi connectivity index (χ3v) is 3.73. The van der Waals surface area contributed by atoms with E-state index in [0.717, 1.165) is 36.5 Å². The van der Waals surface area contributed by atoms with Gasteiger partial charge in [-0.3, -0.25) is 4.68 Å². The lowest BCUT2D eigenvalue weighted by Crippen LogP contribution is -2.15. The second-order valence-electron chi connectivity index (χ2n) is 5.31. The number of rotatable bonds is 6. The van der Waals surface area contributed by atoms with Gasteiger partial charge >= 0.3 is 0 Å². The molecule has 0 aliphatic rings. The van der Waals surface area contributed by atoms with Crippen LogP contribution in [0.5, 0.6) is 0 Å². The van der Waals surface area contributed by atoms with Crippen LogP contribution < -0.4 is 5.32 Å². The minimum atomic E-state index is 0.677. The van der Waals surface area contributed by atoms with Crippen molar-refractivity contribution in [3.05, 3.63) is 53.5 Å². The fraction of sp³-hybridized carbons (Fsp3) is 0.353. The molecule has 2 aromatic heterocycles. The van der Waals surface area contributed by atoms with Crippen LogP contribution in [0.25, 0.3) is 11.0 Å². The number of aryl methyl sites for hydroxylation is 1. The Morgan fingerprint density at radius 1 is 1.24 bits per heavy atom. The highest BCUT2D eigenvalue weighted by molar-refractivity contribution is 5.82. The van der Waals surface area contributed by atoms with E-state index in [0.29, 0.717) is 6.54 Å². The van der Waals surface area contributed by atoms with Crippen molar-refractivity contribution in [2.75, 3.05) is 6.54 Å². The Labute approximate surface area is 124 Å². The van der Waals surface area contributed by atoms with Crippen LogP contribution in [0.4, 0.5) is 0 Å². The van der Waals surface area contributed by atoms with E-state index < -0.39 is 0 Å². The highest BCUT2D eigenvalue weighted by atomic mass is 16.3. The lowest BCUT2D eigenvalue weighted by molar-refractivity contribution is 0.495. The molecular formula is C17H21N3O. The molecule has 0 aliphatic carbocycles. The molecule has 3 rings (SSSR count). The molecule has 3 aromatic rings. The molecule has 4 heteroatoms. The number of benzene rings is 1. The van der Waals surface area contributed by atoms with E-state index in [-0.39, 0.29) is 0 Å². The molecule has 21 heavy (non-hydrogen) atoms. The summed E-state index contributed by atoms with van der Waals surface area (Å²) in [6.45, 7) is 6.76. The average Bonchev–Trinajstić information content (AvgIpc) is 3.04. The Morgan fingerprint density at radius 3 is 2.86 bits per heavy atom. The van der Waals surface area contributed by atoms with Crippen molar-refractivity contribution < 1.29 is 4.42 Å². The van der Waals surface area contributed by atoms with Crippen LogP contribution in [-0.4, -0.2) is 16.3 Å². The second kappa shape index (κ2) is 6.14. The van der Waals surface area contributed by atoms with E-state index in [1.165, 1.54) is 10.9 Å². The molecule has 1 aromatic carbocycles. The van der Waals surface area contributed by atoms with E-state index in [9.17, 15) is 0 Å². The summed E-state index contributed by atoms with van der Waals surface area (Å²) < 4.78 is 8.03. The predicted octanol–water partition coefficient (Wildman–Crippen LogP) is 3.49. The zero-order valence-corrected chi connectivity index (χ0v) is 12.6. The number of para-hydroxylation sites is 1. The van der Waals surface area contributed by atoms with Crippen LogP contribution in [0.3, 0.4) is 0 Å². The SMILES string of the molecule is CCCNCc1c(Cn2nccc2C)oc2ccccc12. The van der Waals surface area contributed by atoms with Gasteiger partial charge < -0.3 is 9.73 Å². The summed E-state index contributed by atoms with van der Waals surface area (Å²) in [5, 5.41) is 9.02. The quantitative estimate of drug-likeness (QED) is 0.704. The molecule has 0 saturated carbocycles. The summed E-state index contributed by atoms with van der Waals surface area (Å²) in [5.74, 6) is 0.992. The Bertz CT molecular complexity index is 727. The number of hydrogen-bond donors (Lipinski definition) is 1. The number of furan rings is 1. The van der Waals surface area contributed by atoms with Gasteiger partial charge in [0.05, 0.1) is 6.54 Å². The van der Waals surface area contributed by atoms with Crippen molar-refractivity contribution in [3.8, 4) is 0 Å². The third kappa shape index (κ3) is 2.85. The summed E-state index contributed by atoms with van der Waals surface area (Å²) >= 11 is 0. The number of nitrogens with one attached hydrogen (secondary N) is 1. The fourth-order valence-electron chi connectivity index (χ4n) is 2.56. The average molecular weight is 283 g/mol. The van der Waals surface area contributed by atoms with Crippen molar-refractivity contribution in [2.24, 2.45) is 0 Å². The first kappa shape index (κ1) is 13.9. The van der Waals surface area contributed by atoms with Gasteiger partial charge in [-0.25, -0.2) is 0 Å². The summed E-state index contributed by atoms with van der Waals surface area (Å²) in [6.07, 6.45) is 2.95. The molecule has 2 heterocycles. The lowest BCUT2D eigenvalue weighted by Gasteiger charge is -2.06. The molecule has 0 aliphatic heterocycles. The Morgan fingerprint density at radius 2 is 2.10 bits per heavy atom. The first-order valence-electron chi connectivity index (χ1n) is 7.48. The second-order valence-corrected chi connectivity index (χ2v) is 5.31. The van der Waals surface area contributed by atoms with Gasteiger partial charge in [-0.05, 0) is 32.0 Å². The van der Waals surface area contributed by atoms with Crippen LogP contribution >= 0.6 is 0 Å². The molecular weight excluding hydrogens is 262 g/mol. The molecule has 0 atom stereocenters. The lowest BCUT2D eigenvalue weighted by atomic mass is 10.1. The molecule has 0 bridgehead atoms. The van der Waals surface area contributed by atoms with Crippen LogP contribution in [0.15, 0.2) is 40.9 Å². The first-order chi connectivity index (χ1) is 10.3. The maximum absolute atomic E-state index is 6.06. The predicted molar refractivity (Wildman–Crippen MR) is 84.3 cm³/mol. The van der Waals surface area contributed by atoms with Gasteiger partial charge in [0.15, 0.2) is 0 Å². The van der Waals surface area contributed by atoms with Gasteiger partial charge in [-0.1, -0.05) is 25.1 Å². The molecule has 0 unspecified atom stereocenters. The highest BCUT2D eigenvalue weighted by Gasteiger charge is 2.14. The number of nitrogens with zero attached hydrogens (tertiary/aromatic N) is 2. The van der Waals surface area contributed by atoms with Crippen LogP contribution in [0.2, 0.25) is 0 Å². The third-order valence-electron chi connectivity index (χ3n) is 3.73. The number of fused-ring (bicyclic) bond motifs is 1. The van der Waals surface area contributed by atoms with Gasteiger partial charge in [-0.2, -0.15) is 5.10 Å². The highest BCUT2D eigenvalue weighted by Crippen LogP contribution is 2.26. The topological polar surface area (TPSA) is 43.0 Å². The van der Waals surface area contributed by atoms with Gasteiger partial charge in [0.2, 0.25) is 0 Å². The van der Waals surface area contributed by atoms with Crippen molar-refractivity contribution in [3.63, 3.8) is 0 Å². The zero-order chi connectivity index (χ0) is 14.7. The molecule has 0 spiro atoms. The van der Waals surface area contributed by atoms with Crippen molar-refractivity contribution in [1.29, 1.82) is 0 Å². The largest absolute Gasteiger partial charge is 0.459 e. The normalized spacial score (nSPS) is 11.3. The minimum Gasteiger partial charge on any atom is -0.459 e. The van der Waals surface area contributed by atoms with E-state index in [4.69, 9.17) is 4.42 Å². The summed E-state index contributed by atoms with van der Waals surface area (Å²) in [4.78, 5) is 0. The molecule has 0 radical (unpaired) electrons. The summed E-state index contributed by atoms with van der Waals surface area (Å²) in [5.41, 5.74) is 3.34. The smallest absolute Gasteiger partial charge is 0.134 e. The molecule has 0 amide bonds. The molecule has 4 nitrogen and oxygen atoms in total. The fourth-order valence-corrected chi connectivity index (χ4v) is 2.56. The van der Waals surface area contributed by atoms with E-state index in [1.54, 1.807) is 0 Å². The van der Waals surface area contributed by atoms with Crippen LogP contribution in [-0.2, 0) is 13.1 Å². The van der Waals surface area contributed by atoms with Gasteiger partial charge in [0.25, 0.3) is 0 Å². The maximum Gasteiger partial charge on any atom is 0.134 e. The Balaban J connectivity index is 1.95. The summed E-state index contributed by atoms with van der Waals surface area (Å²) in [6, 6.07) is 10.2. The minimum absolute atomic E-state index is 0.677. The van der Waals surface area contributed by atoms with E-state index >= 15 is 0 Å². The Kier molecular flexibility index (Phi) is 4.06. The van der Waals surface area contributed by atoms with Crippen molar-refractivity contribution in [1.82, 2.24) is 15.1 Å². The summed E-state index contributed by atoms with van der Waals surface area (Å²) in [7, 11) is 0. The van der Waals surface area contributed by atoms with E-state index in [1.807, 2.05) is 29.1 Å². The van der Waals surface area contributed by atoms with Gasteiger partial charge in [0, 0.05) is 29.4 Å². The van der Waals surface area contributed by atoms with Crippen molar-refractivity contribution in [2.45, 2.75) is 33.4 Å². The number of aromatic nitrogens is 2. The van der Waals surface area contributed by atoms with Crippen LogP contribution in [0.1, 0.15) is 30.4 Å². The first-order valence-corrected chi connectivity index (χ1v) is 7.48. The number of hydrogen-bond acceptors (Lipinski definition) is 3. The van der Waals surface area contributed by atoms with E-state index in [2.05, 4.69) is 36.4 Å².